The van der Waals surface area contributed by atoms with Gasteiger partial charge in [-0.25, -0.2) is 8.42 Å². The third-order valence-corrected chi connectivity index (χ3v) is 6.05. The Morgan fingerprint density at radius 1 is 1.16 bits per heavy atom. The van der Waals surface area contributed by atoms with Crippen LogP contribution in [0.15, 0.2) is 47.4 Å². The molecule has 3 rings (SSSR count). The minimum Gasteiger partial charge on any atom is -0.496 e. The highest BCUT2D eigenvalue weighted by atomic mass is 32.2. The second-order valence-electron chi connectivity index (χ2n) is 6.02. The Balaban J connectivity index is 2.07. The average Bonchev–Trinajstić information content (AvgIpc) is 3.05. The molecule has 0 bridgehead atoms. The zero-order valence-electron chi connectivity index (χ0n) is 14.4. The number of hydrogen-bond acceptors (Lipinski definition) is 4. The molecule has 1 aliphatic rings. The maximum atomic E-state index is 13.1. The van der Waals surface area contributed by atoms with E-state index in [0.717, 1.165) is 5.56 Å². The molecule has 0 fully saturated rings. The molecule has 25 heavy (non-hydrogen) atoms. The molecule has 0 N–H and O–H groups in total. The summed E-state index contributed by atoms with van der Waals surface area (Å²) < 4.78 is 32.8. The SMILES string of the molecule is COc1ccc(S(=O)(=O)N2CCc3ccccc32)cc1C(=O)N(C)C. The summed E-state index contributed by atoms with van der Waals surface area (Å²) in [6.07, 6.45) is 0.676. The Bertz CT molecular complexity index is 922. The van der Waals surface area contributed by atoms with Gasteiger partial charge >= 0.3 is 0 Å². The van der Waals surface area contributed by atoms with Gasteiger partial charge in [-0.2, -0.15) is 0 Å². The van der Waals surface area contributed by atoms with Crippen molar-refractivity contribution in [1.29, 1.82) is 0 Å². The molecular weight excluding hydrogens is 340 g/mol. The lowest BCUT2D eigenvalue weighted by Gasteiger charge is -2.21. The second-order valence-corrected chi connectivity index (χ2v) is 7.88. The smallest absolute Gasteiger partial charge is 0.264 e. The fraction of sp³-hybridized carbons (Fsp3) is 0.278. The number of anilines is 1. The number of rotatable bonds is 4. The topological polar surface area (TPSA) is 66.9 Å². The fourth-order valence-electron chi connectivity index (χ4n) is 2.94. The van der Waals surface area contributed by atoms with Gasteiger partial charge in [-0.1, -0.05) is 18.2 Å². The van der Waals surface area contributed by atoms with Crippen LogP contribution in [0, 0.1) is 0 Å². The van der Waals surface area contributed by atoms with Crippen LogP contribution in [-0.2, 0) is 16.4 Å². The van der Waals surface area contributed by atoms with E-state index in [1.54, 1.807) is 20.2 Å². The number of sulfonamides is 1. The molecule has 0 atom stereocenters. The average molecular weight is 360 g/mol. The van der Waals surface area contributed by atoms with Gasteiger partial charge in [-0.05, 0) is 36.2 Å². The first-order valence-corrected chi connectivity index (χ1v) is 9.30. The van der Waals surface area contributed by atoms with E-state index in [-0.39, 0.29) is 16.4 Å². The molecule has 2 aromatic rings. The molecule has 0 aromatic heterocycles. The van der Waals surface area contributed by atoms with Crippen LogP contribution in [-0.4, -0.2) is 47.0 Å². The van der Waals surface area contributed by atoms with Crippen LogP contribution in [0.1, 0.15) is 15.9 Å². The molecule has 0 saturated carbocycles. The molecule has 0 spiro atoms. The van der Waals surface area contributed by atoms with E-state index >= 15 is 0 Å². The number of amides is 1. The van der Waals surface area contributed by atoms with Gasteiger partial charge in [-0.15, -0.1) is 0 Å². The molecule has 0 unspecified atom stereocenters. The van der Waals surface area contributed by atoms with E-state index in [4.69, 9.17) is 4.74 Å². The number of carbonyl (C=O) groups excluding carboxylic acids is 1. The normalized spacial score (nSPS) is 13.5. The molecule has 1 heterocycles. The zero-order valence-corrected chi connectivity index (χ0v) is 15.2. The third kappa shape index (κ3) is 2.95. The van der Waals surface area contributed by atoms with Crippen LogP contribution in [0.5, 0.6) is 5.75 Å². The number of nitrogens with zero attached hydrogens (tertiary/aromatic N) is 2. The molecule has 132 valence electrons. The number of hydrogen-bond donors (Lipinski definition) is 0. The fourth-order valence-corrected chi connectivity index (χ4v) is 4.47. The summed E-state index contributed by atoms with van der Waals surface area (Å²) >= 11 is 0. The highest BCUT2D eigenvalue weighted by Gasteiger charge is 2.31. The lowest BCUT2D eigenvalue weighted by Crippen LogP contribution is -2.29. The second kappa shape index (κ2) is 6.40. The Labute approximate surface area is 147 Å². The molecule has 7 heteroatoms. The van der Waals surface area contributed by atoms with Gasteiger partial charge in [0.05, 0.1) is 23.3 Å². The Morgan fingerprint density at radius 2 is 1.88 bits per heavy atom. The van der Waals surface area contributed by atoms with Gasteiger partial charge in [0.25, 0.3) is 15.9 Å². The summed E-state index contributed by atoms with van der Waals surface area (Å²) in [5, 5.41) is 0. The van der Waals surface area contributed by atoms with E-state index in [2.05, 4.69) is 0 Å². The van der Waals surface area contributed by atoms with Crippen molar-refractivity contribution in [3.63, 3.8) is 0 Å². The Hall–Kier alpha value is -2.54. The van der Waals surface area contributed by atoms with Crippen LogP contribution in [0.4, 0.5) is 5.69 Å². The maximum Gasteiger partial charge on any atom is 0.264 e. The first-order chi connectivity index (χ1) is 11.9. The van der Waals surface area contributed by atoms with Crippen molar-refractivity contribution in [3.05, 3.63) is 53.6 Å². The van der Waals surface area contributed by atoms with Gasteiger partial charge in [0.15, 0.2) is 0 Å². The first kappa shape index (κ1) is 17.3. The van der Waals surface area contributed by atoms with Crippen molar-refractivity contribution >= 4 is 21.6 Å². The van der Waals surface area contributed by atoms with Crippen LogP contribution in [0.3, 0.4) is 0 Å². The minimum atomic E-state index is -3.75. The van der Waals surface area contributed by atoms with Crippen molar-refractivity contribution in [2.45, 2.75) is 11.3 Å². The van der Waals surface area contributed by atoms with Gasteiger partial charge in [0.2, 0.25) is 0 Å². The molecule has 0 aliphatic carbocycles. The van der Waals surface area contributed by atoms with Crippen molar-refractivity contribution in [2.24, 2.45) is 0 Å². The number of benzene rings is 2. The summed E-state index contributed by atoms with van der Waals surface area (Å²) in [7, 11) is 0.921. The summed E-state index contributed by atoms with van der Waals surface area (Å²) in [6.45, 7) is 0.394. The van der Waals surface area contributed by atoms with Gasteiger partial charge in [-0.3, -0.25) is 9.10 Å². The van der Waals surface area contributed by atoms with Crippen LogP contribution < -0.4 is 9.04 Å². The summed E-state index contributed by atoms with van der Waals surface area (Å²) in [4.78, 5) is 13.8. The number of carbonyl (C=O) groups is 1. The summed E-state index contributed by atoms with van der Waals surface area (Å²) in [5.74, 6) is 0.0372. The summed E-state index contributed by atoms with van der Waals surface area (Å²) in [5.41, 5.74) is 1.92. The summed E-state index contributed by atoms with van der Waals surface area (Å²) in [6, 6.07) is 11.8. The van der Waals surface area contributed by atoms with Crippen LogP contribution >= 0.6 is 0 Å². The Morgan fingerprint density at radius 3 is 2.56 bits per heavy atom. The molecule has 0 radical (unpaired) electrons. The number of fused-ring (bicyclic) bond motifs is 1. The van der Waals surface area contributed by atoms with Crippen molar-refractivity contribution in [3.8, 4) is 5.75 Å². The van der Waals surface area contributed by atoms with Gasteiger partial charge < -0.3 is 9.64 Å². The monoisotopic (exact) mass is 360 g/mol. The lowest BCUT2D eigenvalue weighted by molar-refractivity contribution is 0.0824. The van der Waals surface area contributed by atoms with E-state index < -0.39 is 10.0 Å². The Kier molecular flexibility index (Phi) is 4.43. The largest absolute Gasteiger partial charge is 0.496 e. The minimum absolute atomic E-state index is 0.0789. The van der Waals surface area contributed by atoms with Gasteiger partial charge in [0.1, 0.15) is 5.75 Å². The molecule has 1 aliphatic heterocycles. The number of methoxy groups -OCH3 is 1. The number of ether oxygens (including phenoxy) is 1. The molecule has 1 amide bonds. The first-order valence-electron chi connectivity index (χ1n) is 7.86. The third-order valence-electron chi connectivity index (χ3n) is 4.24. The van der Waals surface area contributed by atoms with E-state index in [1.165, 1.54) is 34.5 Å². The van der Waals surface area contributed by atoms with E-state index in [0.29, 0.717) is 24.4 Å². The van der Waals surface area contributed by atoms with E-state index in [1.807, 2.05) is 18.2 Å². The van der Waals surface area contributed by atoms with Gasteiger partial charge in [0, 0.05) is 20.6 Å². The molecule has 0 saturated heterocycles. The van der Waals surface area contributed by atoms with Crippen LogP contribution in [0.2, 0.25) is 0 Å². The van der Waals surface area contributed by atoms with Crippen molar-refractivity contribution < 1.29 is 17.9 Å². The molecule has 6 nitrogen and oxygen atoms in total. The highest BCUT2D eigenvalue weighted by molar-refractivity contribution is 7.92. The van der Waals surface area contributed by atoms with Crippen molar-refractivity contribution in [1.82, 2.24) is 4.90 Å². The molecular formula is C18H20N2O4S. The quantitative estimate of drug-likeness (QED) is 0.838. The predicted octanol–water partition coefficient (Wildman–Crippen LogP) is 2.15. The highest BCUT2D eigenvalue weighted by Crippen LogP contribution is 2.34. The standard InChI is InChI=1S/C18H20N2O4S/c1-19(2)18(21)15-12-14(8-9-17(15)24-3)25(22,23)20-11-10-13-6-4-5-7-16(13)20/h4-9,12H,10-11H2,1-3H3. The zero-order chi connectivity index (χ0) is 18.2. The predicted molar refractivity (Wildman–Crippen MR) is 95.7 cm³/mol. The van der Waals surface area contributed by atoms with Crippen LogP contribution in [0.25, 0.3) is 0 Å². The van der Waals surface area contributed by atoms with E-state index in [9.17, 15) is 13.2 Å². The molecule has 2 aromatic carbocycles. The maximum absolute atomic E-state index is 13.1. The number of para-hydroxylation sites is 1. The van der Waals surface area contributed by atoms with Crippen molar-refractivity contribution in [2.75, 3.05) is 32.1 Å². The lowest BCUT2D eigenvalue weighted by atomic mass is 10.2.